The number of hydrogen-bond acceptors (Lipinski definition) is 6. The minimum atomic E-state index is -3.67. The molecule has 0 bridgehead atoms. The first-order valence-electron chi connectivity index (χ1n) is 7.09. The lowest BCUT2D eigenvalue weighted by Crippen LogP contribution is -2.24. The van der Waals surface area contributed by atoms with Crippen LogP contribution in [-0.4, -0.2) is 35.3 Å². The van der Waals surface area contributed by atoms with Gasteiger partial charge in [-0.15, -0.1) is 0 Å². The van der Waals surface area contributed by atoms with Crippen LogP contribution in [0.3, 0.4) is 0 Å². The molecule has 1 aromatic heterocycles. The van der Waals surface area contributed by atoms with Gasteiger partial charge in [0.2, 0.25) is 10.0 Å². The van der Waals surface area contributed by atoms with Crippen LogP contribution in [0.15, 0.2) is 29.2 Å². The fraction of sp³-hybridized carbons (Fsp3) is 0.429. The smallest absolute Gasteiger partial charge is 0.240 e. The molecule has 23 heavy (non-hydrogen) atoms. The number of aromatic nitrogens is 3. The molecule has 0 amide bonds. The van der Waals surface area contributed by atoms with E-state index >= 15 is 0 Å². The number of aliphatic hydroxyl groups is 1. The summed E-state index contributed by atoms with van der Waals surface area (Å²) in [7, 11) is -3.67. The maximum atomic E-state index is 12.2. The maximum Gasteiger partial charge on any atom is 0.240 e. The van der Waals surface area contributed by atoms with Crippen LogP contribution in [0.2, 0.25) is 0 Å². The predicted molar refractivity (Wildman–Crippen MR) is 83.3 cm³/mol. The molecule has 2 rings (SSSR count). The third-order valence-corrected chi connectivity index (χ3v) is 4.37. The fourth-order valence-electron chi connectivity index (χ4n) is 1.78. The van der Waals surface area contributed by atoms with Gasteiger partial charge in [0.05, 0.1) is 18.0 Å². The third-order valence-electron chi connectivity index (χ3n) is 2.95. The van der Waals surface area contributed by atoms with E-state index in [0.717, 1.165) is 0 Å². The molecule has 0 spiro atoms. The summed E-state index contributed by atoms with van der Waals surface area (Å²) < 4.78 is 32.1. The molecule has 2 aromatic rings. The van der Waals surface area contributed by atoms with Gasteiger partial charge in [-0.3, -0.25) is 5.10 Å². The minimum absolute atomic E-state index is 0.0569. The van der Waals surface area contributed by atoms with E-state index in [2.05, 4.69) is 19.9 Å². The lowest BCUT2D eigenvalue weighted by molar-refractivity contribution is 0.0690. The number of nitrogens with zero attached hydrogens (tertiary/aromatic N) is 2. The number of nitrogens with one attached hydrogen (secondary N) is 2. The first-order chi connectivity index (χ1) is 10.7. The Morgan fingerprint density at radius 3 is 2.48 bits per heavy atom. The first kappa shape index (κ1) is 17.4. The standard InChI is InChI=1S/C14H20N4O4S/c1-4-22-10-5-7-11(8-6-10)23(20,21)15-9-12-16-13(18-17-12)14(2,3)19/h5-8,15,19H,4,9H2,1-3H3,(H,16,17,18). The summed E-state index contributed by atoms with van der Waals surface area (Å²) in [5.41, 5.74) is -1.19. The van der Waals surface area contributed by atoms with Crippen molar-refractivity contribution in [2.24, 2.45) is 0 Å². The van der Waals surface area contributed by atoms with Crippen LogP contribution in [0.5, 0.6) is 5.75 Å². The van der Waals surface area contributed by atoms with Gasteiger partial charge in [0.1, 0.15) is 17.2 Å². The topological polar surface area (TPSA) is 117 Å². The number of rotatable bonds is 7. The molecule has 3 N–H and O–H groups in total. The SMILES string of the molecule is CCOc1ccc(S(=O)(=O)NCc2nc(C(C)(C)O)n[nH]2)cc1. The molecule has 0 aliphatic carbocycles. The quantitative estimate of drug-likeness (QED) is 0.689. The highest BCUT2D eigenvalue weighted by atomic mass is 32.2. The molecule has 0 aliphatic rings. The van der Waals surface area contributed by atoms with Gasteiger partial charge in [-0.1, -0.05) is 0 Å². The van der Waals surface area contributed by atoms with Crippen molar-refractivity contribution < 1.29 is 18.3 Å². The largest absolute Gasteiger partial charge is 0.494 e. The predicted octanol–water partition coefficient (Wildman–Crippen LogP) is 0.909. The van der Waals surface area contributed by atoms with Gasteiger partial charge in [-0.05, 0) is 45.0 Å². The minimum Gasteiger partial charge on any atom is -0.494 e. The highest BCUT2D eigenvalue weighted by Crippen LogP contribution is 2.17. The molecule has 0 saturated heterocycles. The van der Waals surface area contributed by atoms with Crippen LogP contribution >= 0.6 is 0 Å². The molecule has 0 fully saturated rings. The van der Waals surface area contributed by atoms with Crippen molar-refractivity contribution in [1.29, 1.82) is 0 Å². The maximum absolute atomic E-state index is 12.2. The Bertz CT molecular complexity index is 748. The molecule has 0 unspecified atom stereocenters. The first-order valence-corrected chi connectivity index (χ1v) is 8.57. The molecule has 8 nitrogen and oxygen atoms in total. The van der Waals surface area contributed by atoms with Gasteiger partial charge in [-0.25, -0.2) is 18.1 Å². The fourth-order valence-corrected chi connectivity index (χ4v) is 2.76. The number of benzene rings is 1. The van der Waals surface area contributed by atoms with Gasteiger partial charge in [0.25, 0.3) is 0 Å². The van der Waals surface area contributed by atoms with Crippen LogP contribution in [0, 0.1) is 0 Å². The molecular formula is C14H20N4O4S. The van der Waals surface area contributed by atoms with E-state index in [-0.39, 0.29) is 17.3 Å². The second-order valence-electron chi connectivity index (χ2n) is 5.39. The Balaban J connectivity index is 2.05. The molecule has 126 valence electrons. The lowest BCUT2D eigenvalue weighted by Gasteiger charge is -2.10. The van der Waals surface area contributed by atoms with E-state index < -0.39 is 15.6 Å². The van der Waals surface area contributed by atoms with Crippen molar-refractivity contribution in [3.05, 3.63) is 35.9 Å². The van der Waals surface area contributed by atoms with Gasteiger partial charge in [0.15, 0.2) is 5.82 Å². The van der Waals surface area contributed by atoms with E-state index in [9.17, 15) is 13.5 Å². The number of aromatic amines is 1. The van der Waals surface area contributed by atoms with Crippen molar-refractivity contribution in [2.45, 2.75) is 37.8 Å². The molecule has 0 aliphatic heterocycles. The Morgan fingerprint density at radius 2 is 1.96 bits per heavy atom. The summed E-state index contributed by atoms with van der Waals surface area (Å²) in [6.07, 6.45) is 0. The average Bonchev–Trinajstić information content (AvgIpc) is 2.95. The van der Waals surface area contributed by atoms with Gasteiger partial charge >= 0.3 is 0 Å². The van der Waals surface area contributed by atoms with E-state index in [4.69, 9.17) is 4.74 Å². The zero-order valence-corrected chi connectivity index (χ0v) is 14.0. The molecule has 1 heterocycles. The lowest BCUT2D eigenvalue weighted by atomic mass is 10.1. The van der Waals surface area contributed by atoms with Gasteiger partial charge in [0, 0.05) is 0 Å². The summed E-state index contributed by atoms with van der Waals surface area (Å²) in [4.78, 5) is 4.18. The second kappa shape index (κ2) is 6.65. The zero-order chi connectivity index (χ0) is 17.1. The summed E-state index contributed by atoms with van der Waals surface area (Å²) in [5.74, 6) is 1.13. The van der Waals surface area contributed by atoms with Crippen LogP contribution in [0.1, 0.15) is 32.4 Å². The highest BCUT2D eigenvalue weighted by molar-refractivity contribution is 7.89. The van der Waals surface area contributed by atoms with Crippen LogP contribution in [0.4, 0.5) is 0 Å². The molecule has 0 radical (unpaired) electrons. The highest BCUT2D eigenvalue weighted by Gasteiger charge is 2.22. The van der Waals surface area contributed by atoms with Crippen molar-refractivity contribution in [2.75, 3.05) is 6.61 Å². The van der Waals surface area contributed by atoms with Crippen molar-refractivity contribution in [3.63, 3.8) is 0 Å². The Kier molecular flexibility index (Phi) is 5.03. The van der Waals surface area contributed by atoms with Crippen molar-refractivity contribution in [1.82, 2.24) is 19.9 Å². The van der Waals surface area contributed by atoms with E-state index in [1.807, 2.05) is 6.92 Å². The second-order valence-corrected chi connectivity index (χ2v) is 7.16. The van der Waals surface area contributed by atoms with Crippen LogP contribution in [-0.2, 0) is 22.2 Å². The Morgan fingerprint density at radius 1 is 1.30 bits per heavy atom. The number of sulfonamides is 1. The molecular weight excluding hydrogens is 320 g/mol. The van der Waals surface area contributed by atoms with Crippen LogP contribution < -0.4 is 9.46 Å². The summed E-state index contributed by atoms with van der Waals surface area (Å²) >= 11 is 0. The summed E-state index contributed by atoms with van der Waals surface area (Å²) in [6.45, 7) is 5.40. The van der Waals surface area contributed by atoms with Crippen molar-refractivity contribution >= 4 is 10.0 Å². The Hall–Kier alpha value is -1.97. The molecule has 9 heteroatoms. The third kappa shape index (κ3) is 4.50. The Labute approximate surface area is 135 Å². The number of H-pyrrole nitrogens is 1. The summed E-state index contributed by atoms with van der Waals surface area (Å²) in [6, 6.07) is 6.13. The normalized spacial score (nSPS) is 12.3. The van der Waals surface area contributed by atoms with Crippen LogP contribution in [0.25, 0.3) is 0 Å². The average molecular weight is 340 g/mol. The summed E-state index contributed by atoms with van der Waals surface area (Å²) in [5, 5.41) is 16.2. The van der Waals surface area contributed by atoms with Crippen molar-refractivity contribution in [3.8, 4) is 5.75 Å². The number of ether oxygens (including phenoxy) is 1. The molecule has 0 saturated carbocycles. The van der Waals surface area contributed by atoms with Gasteiger partial charge < -0.3 is 9.84 Å². The van der Waals surface area contributed by atoms with Gasteiger partial charge in [-0.2, -0.15) is 5.10 Å². The zero-order valence-electron chi connectivity index (χ0n) is 13.2. The molecule has 0 atom stereocenters. The molecule has 1 aromatic carbocycles. The number of hydrogen-bond donors (Lipinski definition) is 3. The van der Waals surface area contributed by atoms with E-state index in [0.29, 0.717) is 18.2 Å². The van der Waals surface area contributed by atoms with E-state index in [1.54, 1.807) is 26.0 Å². The van der Waals surface area contributed by atoms with E-state index in [1.165, 1.54) is 12.1 Å². The monoisotopic (exact) mass is 340 g/mol.